The van der Waals surface area contributed by atoms with Gasteiger partial charge in [-0.15, -0.1) is 0 Å². The van der Waals surface area contributed by atoms with Crippen molar-refractivity contribution in [3.8, 4) is 5.75 Å². The molecule has 1 N–H and O–H groups in total. The highest BCUT2D eigenvalue weighted by Crippen LogP contribution is 2.31. The fourth-order valence-electron chi connectivity index (χ4n) is 2.14. The number of rotatable bonds is 5. The van der Waals surface area contributed by atoms with Crippen LogP contribution in [0.1, 0.15) is 5.69 Å². The Hall–Kier alpha value is -2.27. The van der Waals surface area contributed by atoms with Crippen molar-refractivity contribution < 1.29 is 21.9 Å². The molecule has 0 aliphatic rings. The number of nitrogens with zero attached hydrogens (tertiary/aromatic N) is 3. The number of hydrogen-bond donors (Lipinski definition) is 1. The number of hydrogen-bond acceptors (Lipinski definition) is 6. The smallest absolute Gasteiger partial charge is 0.387 e. The maximum atomic E-state index is 12.4. The number of ether oxygens (including phenoxy) is 1. The third kappa shape index (κ3) is 3.31. The molecule has 11 heteroatoms. The second-order valence-electron chi connectivity index (χ2n) is 4.88. The number of benzene rings is 1. The second kappa shape index (κ2) is 5.98. The molecule has 0 unspecified atom stereocenters. The number of fused-ring (bicyclic) bond motifs is 1. The summed E-state index contributed by atoms with van der Waals surface area (Å²) < 4.78 is 57.9. The first-order valence-corrected chi connectivity index (χ1v) is 8.93. The maximum Gasteiger partial charge on any atom is 0.387 e. The molecule has 0 spiro atoms. The Balaban J connectivity index is 1.91. The molecular formula is C13H12F2N4O3S2. The fourth-order valence-corrected chi connectivity index (χ4v) is 4.48. The molecular weight excluding hydrogens is 362 g/mol. The van der Waals surface area contributed by atoms with Crippen molar-refractivity contribution in [3.63, 3.8) is 0 Å². The van der Waals surface area contributed by atoms with Crippen molar-refractivity contribution in [2.45, 2.75) is 18.4 Å². The quantitative estimate of drug-likeness (QED) is 0.742. The summed E-state index contributed by atoms with van der Waals surface area (Å²) >= 11 is 1.02. The van der Waals surface area contributed by atoms with Crippen LogP contribution in [0.2, 0.25) is 0 Å². The molecule has 0 aliphatic heterocycles. The maximum absolute atomic E-state index is 12.4. The van der Waals surface area contributed by atoms with E-state index in [-0.39, 0.29) is 15.8 Å². The second-order valence-corrected chi connectivity index (χ2v) is 7.57. The number of alkyl halides is 2. The molecule has 0 amide bonds. The largest absolute Gasteiger partial charge is 0.435 e. The highest BCUT2D eigenvalue weighted by Gasteiger charge is 2.21. The van der Waals surface area contributed by atoms with Gasteiger partial charge in [0, 0.05) is 13.2 Å². The fraction of sp³-hybridized carbons (Fsp3) is 0.231. The van der Waals surface area contributed by atoms with Crippen molar-refractivity contribution >= 4 is 36.7 Å². The SMILES string of the molecule is Cc1nn(C)cc1S(=O)(=O)Nc1nc2ccc(OC(F)F)cc2s1. The molecule has 3 rings (SSSR count). The number of thiazole rings is 1. The minimum atomic E-state index is -3.84. The summed E-state index contributed by atoms with van der Waals surface area (Å²) in [6.45, 7) is -1.34. The third-order valence-corrected chi connectivity index (χ3v) is 5.57. The van der Waals surface area contributed by atoms with Crippen LogP contribution >= 0.6 is 11.3 Å². The predicted molar refractivity (Wildman–Crippen MR) is 85.0 cm³/mol. The standard InChI is InChI=1S/C13H12F2N4O3S2/c1-7-11(6-19(2)17-7)24(20,21)18-13-16-9-4-3-8(22-12(14)15)5-10(9)23-13/h3-6,12H,1-2H3,(H,16,18). The Kier molecular flexibility index (Phi) is 4.13. The van der Waals surface area contributed by atoms with E-state index in [2.05, 4.69) is 19.5 Å². The molecule has 0 saturated heterocycles. The average Bonchev–Trinajstić information content (AvgIpc) is 2.99. The van der Waals surface area contributed by atoms with Crippen LogP contribution in [-0.4, -0.2) is 29.8 Å². The zero-order valence-corrected chi connectivity index (χ0v) is 14.2. The molecule has 1 aromatic carbocycles. The number of aromatic nitrogens is 3. The summed E-state index contributed by atoms with van der Waals surface area (Å²) in [5, 5.41) is 4.12. The number of halogens is 2. The summed E-state index contributed by atoms with van der Waals surface area (Å²) in [5.74, 6) is -0.0151. The van der Waals surface area contributed by atoms with Gasteiger partial charge in [0.2, 0.25) is 0 Å². The summed E-state index contributed by atoms with van der Waals surface area (Å²) in [5.41, 5.74) is 0.834. The average molecular weight is 374 g/mol. The number of aryl methyl sites for hydroxylation is 2. The van der Waals surface area contributed by atoms with Gasteiger partial charge >= 0.3 is 6.61 Å². The first kappa shape index (κ1) is 16.6. The molecule has 0 saturated carbocycles. The monoisotopic (exact) mass is 374 g/mol. The Bertz CT molecular complexity index is 998. The topological polar surface area (TPSA) is 86.1 Å². The molecule has 2 aromatic heterocycles. The Labute approximate surface area is 139 Å². The molecule has 0 atom stereocenters. The lowest BCUT2D eigenvalue weighted by Gasteiger charge is -2.02. The third-order valence-electron chi connectivity index (χ3n) is 3.06. The molecule has 128 valence electrons. The molecule has 2 heterocycles. The number of nitrogens with one attached hydrogen (secondary N) is 1. The van der Waals surface area contributed by atoms with Crippen molar-refractivity contribution in [2.75, 3.05) is 4.72 Å². The highest BCUT2D eigenvalue weighted by molar-refractivity contribution is 7.93. The summed E-state index contributed by atoms with van der Waals surface area (Å²) in [6.07, 6.45) is 1.39. The van der Waals surface area contributed by atoms with Gasteiger partial charge in [-0.05, 0) is 25.1 Å². The van der Waals surface area contributed by atoms with E-state index in [0.717, 1.165) is 11.3 Å². The van der Waals surface area contributed by atoms with Crippen LogP contribution in [0.4, 0.5) is 13.9 Å². The van der Waals surface area contributed by atoms with Crippen LogP contribution in [0, 0.1) is 6.92 Å². The van der Waals surface area contributed by atoms with E-state index in [1.165, 1.54) is 29.1 Å². The van der Waals surface area contributed by atoms with Gasteiger partial charge in [-0.25, -0.2) is 13.4 Å². The summed E-state index contributed by atoms with van der Waals surface area (Å²) in [7, 11) is -2.22. The zero-order valence-electron chi connectivity index (χ0n) is 12.5. The lowest BCUT2D eigenvalue weighted by atomic mass is 10.3. The molecule has 0 fully saturated rings. The molecule has 0 aliphatic carbocycles. The van der Waals surface area contributed by atoms with E-state index >= 15 is 0 Å². The van der Waals surface area contributed by atoms with Crippen LogP contribution in [0.3, 0.4) is 0 Å². The van der Waals surface area contributed by atoms with Gasteiger partial charge in [0.05, 0.1) is 15.9 Å². The lowest BCUT2D eigenvalue weighted by molar-refractivity contribution is -0.0497. The molecule has 3 aromatic rings. The molecule has 0 bridgehead atoms. The Morgan fingerprint density at radius 2 is 2.12 bits per heavy atom. The van der Waals surface area contributed by atoms with Crippen molar-refractivity contribution in [2.24, 2.45) is 7.05 Å². The van der Waals surface area contributed by atoms with E-state index in [1.54, 1.807) is 14.0 Å². The predicted octanol–water partition coefficient (Wildman–Crippen LogP) is 2.74. The normalized spacial score (nSPS) is 12.0. The number of anilines is 1. The highest BCUT2D eigenvalue weighted by atomic mass is 32.2. The van der Waals surface area contributed by atoms with Crippen molar-refractivity contribution in [1.29, 1.82) is 0 Å². The van der Waals surface area contributed by atoms with Gasteiger partial charge in [0.25, 0.3) is 10.0 Å². The summed E-state index contributed by atoms with van der Waals surface area (Å²) in [4.78, 5) is 4.19. The Morgan fingerprint density at radius 1 is 1.38 bits per heavy atom. The zero-order chi connectivity index (χ0) is 17.5. The first-order valence-electron chi connectivity index (χ1n) is 6.63. The molecule has 7 nitrogen and oxygen atoms in total. The Morgan fingerprint density at radius 3 is 2.75 bits per heavy atom. The molecule has 0 radical (unpaired) electrons. The van der Waals surface area contributed by atoms with Gasteiger partial charge < -0.3 is 4.74 Å². The van der Waals surface area contributed by atoms with Crippen LogP contribution in [0.5, 0.6) is 5.75 Å². The van der Waals surface area contributed by atoms with E-state index < -0.39 is 16.6 Å². The van der Waals surface area contributed by atoms with E-state index in [0.29, 0.717) is 15.9 Å². The van der Waals surface area contributed by atoms with Crippen molar-refractivity contribution in [1.82, 2.24) is 14.8 Å². The molecule has 24 heavy (non-hydrogen) atoms. The van der Waals surface area contributed by atoms with E-state index in [1.807, 2.05) is 0 Å². The van der Waals surface area contributed by atoms with Gasteiger partial charge in [-0.2, -0.15) is 13.9 Å². The minimum absolute atomic E-state index is 0.0151. The minimum Gasteiger partial charge on any atom is -0.435 e. The van der Waals surface area contributed by atoms with E-state index in [9.17, 15) is 17.2 Å². The van der Waals surface area contributed by atoms with Crippen LogP contribution < -0.4 is 9.46 Å². The first-order chi connectivity index (χ1) is 11.2. The van der Waals surface area contributed by atoms with Crippen LogP contribution in [-0.2, 0) is 17.1 Å². The lowest BCUT2D eigenvalue weighted by Crippen LogP contribution is -2.13. The summed E-state index contributed by atoms with van der Waals surface area (Å²) in [6, 6.07) is 4.21. The van der Waals surface area contributed by atoms with Crippen LogP contribution in [0.15, 0.2) is 29.3 Å². The van der Waals surface area contributed by atoms with Gasteiger partial charge in [-0.3, -0.25) is 9.40 Å². The van der Waals surface area contributed by atoms with Gasteiger partial charge in [0.1, 0.15) is 10.6 Å². The van der Waals surface area contributed by atoms with Gasteiger partial charge in [0.15, 0.2) is 5.13 Å². The van der Waals surface area contributed by atoms with Gasteiger partial charge in [-0.1, -0.05) is 11.3 Å². The van der Waals surface area contributed by atoms with Crippen molar-refractivity contribution in [3.05, 3.63) is 30.1 Å². The van der Waals surface area contributed by atoms with E-state index in [4.69, 9.17) is 0 Å². The number of sulfonamides is 1. The van der Waals surface area contributed by atoms with Crippen LogP contribution in [0.25, 0.3) is 10.2 Å².